The molecular weight excluding hydrogens is 359 g/mol. The summed E-state index contributed by atoms with van der Waals surface area (Å²) < 4.78 is 19.0. The molecule has 3 heterocycles. The zero-order valence-electron chi connectivity index (χ0n) is 16.1. The highest BCUT2D eigenvalue weighted by Crippen LogP contribution is 2.25. The van der Waals surface area contributed by atoms with Gasteiger partial charge in [0.15, 0.2) is 18.2 Å². The molecule has 1 amide bonds. The van der Waals surface area contributed by atoms with Gasteiger partial charge in [-0.2, -0.15) is 0 Å². The van der Waals surface area contributed by atoms with Crippen molar-refractivity contribution in [2.45, 2.75) is 31.7 Å². The molecule has 0 spiro atoms. The molecule has 6 nitrogen and oxygen atoms in total. The summed E-state index contributed by atoms with van der Waals surface area (Å²) in [6, 6.07) is 6.10. The van der Waals surface area contributed by atoms with Crippen LogP contribution in [0, 0.1) is 5.82 Å². The molecule has 148 valence electrons. The van der Waals surface area contributed by atoms with Crippen LogP contribution >= 0.6 is 0 Å². The van der Waals surface area contributed by atoms with Gasteiger partial charge in [-0.25, -0.2) is 14.4 Å². The zero-order chi connectivity index (χ0) is 19.5. The first-order valence-electron chi connectivity index (χ1n) is 9.78. The second kappa shape index (κ2) is 8.22. The van der Waals surface area contributed by atoms with E-state index < -0.39 is 5.82 Å². The van der Waals surface area contributed by atoms with E-state index in [1.165, 1.54) is 18.6 Å². The normalized spacial score (nSPS) is 19.9. The zero-order valence-corrected chi connectivity index (χ0v) is 16.1. The molecule has 7 heteroatoms. The number of likely N-dealkylation sites (tertiary alicyclic amines) is 1. The molecule has 28 heavy (non-hydrogen) atoms. The van der Waals surface area contributed by atoms with Crippen LogP contribution in [-0.4, -0.2) is 59.0 Å². The molecular formula is C21H25FN4O2. The molecule has 1 fully saturated rings. The van der Waals surface area contributed by atoms with Gasteiger partial charge >= 0.3 is 0 Å². The van der Waals surface area contributed by atoms with Crippen molar-refractivity contribution in [1.29, 1.82) is 0 Å². The number of rotatable bonds is 4. The summed E-state index contributed by atoms with van der Waals surface area (Å²) >= 11 is 0. The lowest BCUT2D eigenvalue weighted by molar-refractivity contribution is -0.134. The van der Waals surface area contributed by atoms with Gasteiger partial charge in [-0.15, -0.1) is 0 Å². The molecule has 2 aliphatic heterocycles. The number of fused-ring (bicyclic) bond motifs is 1. The van der Waals surface area contributed by atoms with Gasteiger partial charge in [0.05, 0.1) is 5.69 Å². The molecule has 0 aliphatic carbocycles. The molecule has 0 bridgehead atoms. The Balaban J connectivity index is 1.38. The van der Waals surface area contributed by atoms with Gasteiger partial charge in [0.25, 0.3) is 5.91 Å². The van der Waals surface area contributed by atoms with Crippen LogP contribution in [0.3, 0.4) is 0 Å². The van der Waals surface area contributed by atoms with Crippen molar-refractivity contribution >= 4 is 5.91 Å². The molecule has 1 aromatic carbocycles. The molecule has 4 rings (SSSR count). The highest BCUT2D eigenvalue weighted by Gasteiger charge is 2.26. The lowest BCUT2D eigenvalue weighted by Crippen LogP contribution is -2.39. The lowest BCUT2D eigenvalue weighted by Gasteiger charge is -2.31. The third-order valence-corrected chi connectivity index (χ3v) is 5.48. The van der Waals surface area contributed by atoms with Crippen LogP contribution in [0.1, 0.15) is 35.8 Å². The molecule has 0 unspecified atom stereocenters. The van der Waals surface area contributed by atoms with Gasteiger partial charge in [0.2, 0.25) is 0 Å². The van der Waals surface area contributed by atoms with Gasteiger partial charge < -0.3 is 14.5 Å². The van der Waals surface area contributed by atoms with E-state index >= 15 is 0 Å². The summed E-state index contributed by atoms with van der Waals surface area (Å²) in [5, 5.41) is 0. The predicted molar refractivity (Wildman–Crippen MR) is 103 cm³/mol. The van der Waals surface area contributed by atoms with E-state index in [0.717, 1.165) is 36.6 Å². The number of hydrogen-bond donors (Lipinski definition) is 0. The largest absolute Gasteiger partial charge is 0.481 e. The van der Waals surface area contributed by atoms with Crippen molar-refractivity contribution in [2.24, 2.45) is 0 Å². The maximum atomic E-state index is 13.6. The van der Waals surface area contributed by atoms with Crippen LogP contribution in [0.4, 0.5) is 4.39 Å². The average molecular weight is 384 g/mol. The number of carbonyl (C=O) groups excluding carboxylic acids is 1. The monoisotopic (exact) mass is 384 g/mol. The van der Waals surface area contributed by atoms with Crippen molar-refractivity contribution in [2.75, 3.05) is 33.3 Å². The van der Waals surface area contributed by atoms with E-state index in [1.807, 2.05) is 6.20 Å². The minimum absolute atomic E-state index is 0.0960. The number of nitrogens with zero attached hydrogens (tertiary/aromatic N) is 4. The quantitative estimate of drug-likeness (QED) is 0.810. The van der Waals surface area contributed by atoms with E-state index in [9.17, 15) is 9.18 Å². The fourth-order valence-electron chi connectivity index (χ4n) is 3.91. The number of halogens is 1. The summed E-state index contributed by atoms with van der Waals surface area (Å²) in [6.45, 7) is 3.01. The fraction of sp³-hybridized carbons (Fsp3) is 0.476. The summed E-state index contributed by atoms with van der Waals surface area (Å²) in [4.78, 5) is 25.9. The van der Waals surface area contributed by atoms with Crippen LogP contribution in [0.15, 0.2) is 30.5 Å². The van der Waals surface area contributed by atoms with Gasteiger partial charge in [-0.3, -0.25) is 4.79 Å². The number of para-hydroxylation sites is 1. The summed E-state index contributed by atoms with van der Waals surface area (Å²) in [6.07, 6.45) is 4.87. The Morgan fingerprint density at radius 2 is 2.18 bits per heavy atom. The van der Waals surface area contributed by atoms with Gasteiger partial charge in [-0.1, -0.05) is 12.1 Å². The van der Waals surface area contributed by atoms with Crippen molar-refractivity contribution < 1.29 is 13.9 Å². The van der Waals surface area contributed by atoms with E-state index in [1.54, 1.807) is 17.0 Å². The average Bonchev–Trinajstić information content (AvgIpc) is 2.72. The molecule has 1 saturated heterocycles. The van der Waals surface area contributed by atoms with Gasteiger partial charge in [-0.05, 0) is 38.6 Å². The minimum atomic E-state index is -0.464. The molecule has 2 aliphatic rings. The van der Waals surface area contributed by atoms with Gasteiger partial charge in [0, 0.05) is 43.7 Å². The second-order valence-corrected chi connectivity index (χ2v) is 7.59. The SMILES string of the molecule is CN1CCC[C@@H](c2ncc3c(n2)CCN(C(=O)COc2ccccc2F)C3)C1. The standard InChI is InChI=1S/C21H25FN4O2/c1-25-9-4-5-15(12-25)21-23-11-16-13-26(10-8-18(16)24-21)20(27)14-28-19-7-3-2-6-17(19)22/h2-3,6-7,11,15H,4-5,8-10,12-14H2,1H3/t15-/m1/s1. The van der Waals surface area contributed by atoms with Crippen molar-refractivity contribution in [3.8, 4) is 5.75 Å². The summed E-state index contributed by atoms with van der Waals surface area (Å²) in [5.41, 5.74) is 2.02. The Morgan fingerprint density at radius 3 is 3.00 bits per heavy atom. The lowest BCUT2D eigenvalue weighted by atomic mass is 9.97. The minimum Gasteiger partial charge on any atom is -0.481 e. The van der Waals surface area contributed by atoms with Crippen LogP contribution in [-0.2, 0) is 17.8 Å². The molecule has 2 aromatic rings. The van der Waals surface area contributed by atoms with Crippen LogP contribution in [0.5, 0.6) is 5.75 Å². The molecule has 1 atom stereocenters. The number of piperidine rings is 1. The van der Waals surface area contributed by atoms with Crippen LogP contribution < -0.4 is 4.74 Å². The summed E-state index contributed by atoms with van der Waals surface area (Å²) in [5.74, 6) is 0.782. The van der Waals surface area contributed by atoms with Crippen molar-refractivity contribution in [3.05, 3.63) is 53.4 Å². The number of likely N-dealkylation sites (N-methyl/N-ethyl adjacent to an activating group) is 1. The van der Waals surface area contributed by atoms with E-state index in [4.69, 9.17) is 9.72 Å². The molecule has 0 saturated carbocycles. The fourth-order valence-corrected chi connectivity index (χ4v) is 3.91. The highest BCUT2D eigenvalue weighted by molar-refractivity contribution is 5.78. The Hall–Kier alpha value is -2.54. The Bertz CT molecular complexity index is 860. The number of aromatic nitrogens is 2. The third kappa shape index (κ3) is 4.14. The number of benzene rings is 1. The van der Waals surface area contributed by atoms with Crippen molar-refractivity contribution in [1.82, 2.24) is 19.8 Å². The Labute approximate surface area is 164 Å². The Morgan fingerprint density at radius 1 is 1.32 bits per heavy atom. The van der Waals surface area contributed by atoms with E-state index in [0.29, 0.717) is 25.4 Å². The smallest absolute Gasteiger partial charge is 0.260 e. The second-order valence-electron chi connectivity index (χ2n) is 7.59. The number of amides is 1. The van der Waals surface area contributed by atoms with Crippen LogP contribution in [0.2, 0.25) is 0 Å². The third-order valence-electron chi connectivity index (χ3n) is 5.48. The maximum Gasteiger partial charge on any atom is 0.260 e. The van der Waals surface area contributed by atoms with Crippen molar-refractivity contribution in [3.63, 3.8) is 0 Å². The topological polar surface area (TPSA) is 58.6 Å². The number of hydrogen-bond acceptors (Lipinski definition) is 5. The highest BCUT2D eigenvalue weighted by atomic mass is 19.1. The van der Waals surface area contributed by atoms with Gasteiger partial charge in [0.1, 0.15) is 5.82 Å². The first-order valence-corrected chi connectivity index (χ1v) is 9.78. The first-order chi connectivity index (χ1) is 13.6. The Kier molecular flexibility index (Phi) is 5.52. The van der Waals surface area contributed by atoms with E-state index in [-0.39, 0.29) is 18.3 Å². The number of ether oxygens (including phenoxy) is 1. The molecule has 0 radical (unpaired) electrons. The number of carbonyl (C=O) groups is 1. The predicted octanol–water partition coefficient (Wildman–Crippen LogP) is 2.39. The molecule has 0 N–H and O–H groups in total. The summed E-state index contributed by atoms with van der Waals surface area (Å²) in [7, 11) is 2.14. The van der Waals surface area contributed by atoms with Crippen LogP contribution in [0.25, 0.3) is 0 Å². The maximum absolute atomic E-state index is 13.6. The first kappa shape index (κ1) is 18.8. The van der Waals surface area contributed by atoms with E-state index in [2.05, 4.69) is 16.9 Å². The molecule has 1 aromatic heterocycles.